The first-order valence-corrected chi connectivity index (χ1v) is 28.3. The summed E-state index contributed by atoms with van der Waals surface area (Å²) in [6, 6.07) is 3.01. The van der Waals surface area contributed by atoms with Crippen LogP contribution in [0.2, 0.25) is 0 Å². The number of carboxylic acid groups (broad SMARTS) is 7. The zero-order valence-electron chi connectivity index (χ0n) is 47.1. The van der Waals surface area contributed by atoms with Crippen molar-refractivity contribution in [3.63, 3.8) is 0 Å². The molecule has 1 unspecified atom stereocenters. The summed E-state index contributed by atoms with van der Waals surface area (Å²) in [4.78, 5) is 130. The minimum atomic E-state index is -1.49. The average Bonchev–Trinajstić information content (AvgIpc) is 3.42. The van der Waals surface area contributed by atoms with Crippen LogP contribution in [0.3, 0.4) is 0 Å². The molecule has 0 radical (unpaired) electrons. The maximum absolute atomic E-state index is 12.3. The van der Waals surface area contributed by atoms with Crippen molar-refractivity contribution in [1.29, 1.82) is 0 Å². The summed E-state index contributed by atoms with van der Waals surface area (Å²) in [6.45, 7) is 4.29. The number of piperazine rings is 1. The fraction of sp³-hybridized carbons (Fsp3) is 0.660. The molecule has 2 aromatic rings. The van der Waals surface area contributed by atoms with E-state index in [4.69, 9.17) is 10.8 Å². The lowest BCUT2D eigenvalue weighted by molar-refractivity contribution is -0.142. The second kappa shape index (κ2) is 36.8. The molecule has 2 aliphatic rings. The Morgan fingerprint density at radius 1 is 0.530 bits per heavy atom. The van der Waals surface area contributed by atoms with Crippen LogP contribution in [0.1, 0.15) is 95.5 Å². The topological polar surface area (TPSA) is 427 Å². The number of hydrogen-bond acceptors (Lipinski definition) is 20. The van der Waals surface area contributed by atoms with Crippen molar-refractivity contribution in [2.75, 3.05) is 127 Å². The van der Waals surface area contributed by atoms with Gasteiger partial charge in [-0.25, -0.2) is 14.4 Å². The fourth-order valence-corrected chi connectivity index (χ4v) is 9.84. The van der Waals surface area contributed by atoms with Crippen LogP contribution in [-0.2, 0) is 44.8 Å². The Morgan fingerprint density at radius 2 is 1.05 bits per heavy atom. The predicted octanol–water partition coefficient (Wildman–Crippen LogP) is 0.658. The maximum atomic E-state index is 12.3. The normalized spacial score (nSPS) is 17.0. The van der Waals surface area contributed by atoms with Crippen molar-refractivity contribution in [2.45, 2.75) is 114 Å². The summed E-state index contributed by atoms with van der Waals surface area (Å²) in [5, 5.41) is 76.7. The molecular formula is C53H84N14O16. The number of unbranched alkanes of at least 4 members (excludes halogenated alkanes) is 8. The van der Waals surface area contributed by atoms with Gasteiger partial charge in [0.2, 0.25) is 23.8 Å². The van der Waals surface area contributed by atoms with E-state index >= 15 is 0 Å². The molecule has 0 spiro atoms. The number of nitrogens with zero attached hydrogens (tertiary/aromatic N) is 9. The number of urea groups is 1. The standard InChI is InChI=1S/C53H84N14O16/c54-50-59-51(56-38-15-13-37(14-16-38)31-39-32-65(35-46(75)76)24-23-63(33-44(71)72)21-22-64(34-45(73)74)27-30-67(39)36-47(77)78)61-52(60-50)66-28-25-62(26-29-66)20-10-6-4-2-1-3-5-7-12-42(68)55-19-9-8-11-40(48(79)80)57-53(83)58-41(49(81)82)17-18-43(69)70/h13-16,39-41H,1-12,17-36H2,(H,55,68)(H,69,70)(H,71,72)(H,73,74)(H,75,76)(H,77,78)(H,79,80)(H,81,82)(H2,57,58,83)(H3,54,56,59,60,61)/t39?,40-,41-/m0/s1. The molecule has 30 heteroatoms. The van der Waals surface area contributed by atoms with Crippen LogP contribution in [-0.4, -0.2) is 258 Å². The van der Waals surface area contributed by atoms with E-state index < -0.39 is 72.4 Å². The third-order valence-corrected chi connectivity index (χ3v) is 14.3. The fourth-order valence-electron chi connectivity index (χ4n) is 9.84. The highest BCUT2D eigenvalue weighted by Gasteiger charge is 2.29. The molecular weight excluding hydrogens is 1090 g/mol. The van der Waals surface area contributed by atoms with Gasteiger partial charge in [0.15, 0.2) is 0 Å². The van der Waals surface area contributed by atoms with Crippen molar-refractivity contribution in [1.82, 2.24) is 55.4 Å². The lowest BCUT2D eigenvalue weighted by atomic mass is 10.0. The number of nitrogen functional groups attached to an aromatic ring is 1. The first-order valence-electron chi connectivity index (χ1n) is 28.3. The van der Waals surface area contributed by atoms with Gasteiger partial charge in [0, 0.05) is 103 Å². The third kappa shape index (κ3) is 28.3. The van der Waals surface area contributed by atoms with Crippen molar-refractivity contribution in [2.24, 2.45) is 0 Å². The van der Waals surface area contributed by atoms with Crippen molar-refractivity contribution < 1.29 is 78.9 Å². The van der Waals surface area contributed by atoms with Crippen molar-refractivity contribution in [3.05, 3.63) is 29.8 Å². The summed E-state index contributed by atoms with van der Waals surface area (Å²) in [5.74, 6) is -7.66. The minimum Gasteiger partial charge on any atom is -0.481 e. The van der Waals surface area contributed by atoms with Crippen LogP contribution in [0.4, 0.5) is 28.3 Å². The zero-order chi connectivity index (χ0) is 60.7. The summed E-state index contributed by atoms with van der Waals surface area (Å²) in [5.41, 5.74) is 7.62. The number of aliphatic carboxylic acids is 7. The molecule has 0 aliphatic carbocycles. The van der Waals surface area contributed by atoms with E-state index in [-0.39, 0.29) is 103 Å². The minimum absolute atomic E-state index is 0.0472. The lowest BCUT2D eigenvalue weighted by Gasteiger charge is -2.37. The molecule has 3 atom stereocenters. The summed E-state index contributed by atoms with van der Waals surface area (Å²) < 4.78 is 0. The van der Waals surface area contributed by atoms with Crippen molar-refractivity contribution in [3.8, 4) is 0 Å². The van der Waals surface area contributed by atoms with Gasteiger partial charge in [-0.3, -0.25) is 53.3 Å². The van der Waals surface area contributed by atoms with Crippen LogP contribution in [0.5, 0.6) is 0 Å². The Balaban J connectivity index is 1.14. The zero-order valence-corrected chi connectivity index (χ0v) is 47.1. The van der Waals surface area contributed by atoms with Gasteiger partial charge in [0.05, 0.1) is 26.2 Å². The van der Waals surface area contributed by atoms with Gasteiger partial charge >= 0.3 is 47.8 Å². The smallest absolute Gasteiger partial charge is 0.326 e. The lowest BCUT2D eigenvalue weighted by Crippen LogP contribution is -2.53. The molecule has 1 aromatic carbocycles. The van der Waals surface area contributed by atoms with Gasteiger partial charge in [0.1, 0.15) is 12.1 Å². The quantitative estimate of drug-likeness (QED) is 0.0417. The van der Waals surface area contributed by atoms with Gasteiger partial charge in [-0.1, -0.05) is 50.7 Å². The van der Waals surface area contributed by atoms with E-state index in [9.17, 15) is 73.8 Å². The molecule has 4 rings (SSSR count). The molecule has 30 nitrogen and oxygen atoms in total. The summed E-state index contributed by atoms with van der Waals surface area (Å²) >= 11 is 0. The number of amides is 3. The highest BCUT2D eigenvalue weighted by atomic mass is 16.4. The summed E-state index contributed by atoms with van der Waals surface area (Å²) in [7, 11) is 0. The average molecular weight is 1170 g/mol. The number of anilines is 4. The Hall–Kier alpha value is -7.54. The number of nitrogens with one attached hydrogen (secondary N) is 4. The molecule has 462 valence electrons. The Bertz CT molecular complexity index is 2420. The number of nitrogens with two attached hydrogens (primary N) is 1. The van der Waals surface area contributed by atoms with Gasteiger partial charge in [0.25, 0.3) is 0 Å². The molecule has 0 saturated carbocycles. The Labute approximate surface area is 481 Å². The monoisotopic (exact) mass is 1170 g/mol. The van der Waals surface area contributed by atoms with Crippen LogP contribution in [0.15, 0.2) is 24.3 Å². The van der Waals surface area contributed by atoms with Crippen LogP contribution in [0, 0.1) is 0 Å². The molecule has 3 heterocycles. The number of aromatic nitrogens is 3. The number of benzene rings is 1. The first kappa shape index (κ1) is 68.0. The first-order chi connectivity index (χ1) is 39.6. The van der Waals surface area contributed by atoms with Crippen LogP contribution < -0.4 is 31.9 Å². The second-order valence-electron chi connectivity index (χ2n) is 20.9. The summed E-state index contributed by atoms with van der Waals surface area (Å²) in [6.07, 6.45) is 8.96. The third-order valence-electron chi connectivity index (χ3n) is 14.3. The molecule has 1 aromatic heterocycles. The highest BCUT2D eigenvalue weighted by Crippen LogP contribution is 2.21. The van der Waals surface area contributed by atoms with Gasteiger partial charge in [-0.15, -0.1) is 0 Å². The van der Waals surface area contributed by atoms with Gasteiger partial charge < -0.3 is 67.6 Å². The highest BCUT2D eigenvalue weighted by molar-refractivity contribution is 5.86. The van der Waals surface area contributed by atoms with Gasteiger partial charge in [-0.05, 0) is 69.2 Å². The van der Waals surface area contributed by atoms with Crippen LogP contribution >= 0.6 is 0 Å². The van der Waals surface area contributed by atoms with E-state index in [0.29, 0.717) is 57.0 Å². The van der Waals surface area contributed by atoms with Gasteiger partial charge in [-0.2, -0.15) is 15.0 Å². The molecule has 2 aliphatic heterocycles. The second-order valence-corrected chi connectivity index (χ2v) is 20.9. The van der Waals surface area contributed by atoms with E-state index in [1.807, 2.05) is 24.3 Å². The van der Waals surface area contributed by atoms with E-state index in [2.05, 4.69) is 46.0 Å². The SMILES string of the molecule is Nc1nc(Nc2ccc(CC3CN(CC(=O)O)CCN(CC(=O)O)CCN(CC(=O)O)CCN3CC(=O)O)cc2)nc(N2CCN(CCCCCCCCCCC(=O)NCCCC[C@H](NC(=O)N[C@@H](CCC(=O)O)C(=O)O)C(=O)O)CC2)n1. The van der Waals surface area contributed by atoms with Crippen LogP contribution in [0.25, 0.3) is 0 Å². The maximum Gasteiger partial charge on any atom is 0.326 e. The Morgan fingerprint density at radius 3 is 1.61 bits per heavy atom. The molecule has 83 heavy (non-hydrogen) atoms. The van der Waals surface area contributed by atoms with Crippen molar-refractivity contribution >= 4 is 77.3 Å². The number of carbonyl (C=O) groups is 9. The molecule has 3 amide bonds. The number of rotatable bonds is 36. The van der Waals surface area contributed by atoms with E-state index in [0.717, 1.165) is 76.6 Å². The number of carboxylic acids is 7. The Kier molecular flexibility index (Phi) is 30.2. The van der Waals surface area contributed by atoms with E-state index in [1.165, 1.54) is 0 Å². The number of carbonyl (C=O) groups excluding carboxylic acids is 2. The predicted molar refractivity (Wildman–Crippen MR) is 301 cm³/mol. The molecule has 13 N–H and O–H groups in total. The molecule has 2 saturated heterocycles. The molecule has 0 bridgehead atoms. The largest absolute Gasteiger partial charge is 0.481 e. The molecule has 2 fully saturated rings. The number of hydrogen-bond donors (Lipinski definition) is 12. The van der Waals surface area contributed by atoms with E-state index in [1.54, 1.807) is 19.6 Å².